The van der Waals surface area contributed by atoms with Gasteiger partial charge in [-0.3, -0.25) is 0 Å². The van der Waals surface area contributed by atoms with Crippen molar-refractivity contribution in [2.45, 2.75) is 19.8 Å². The molecule has 1 aromatic carbocycles. The third kappa shape index (κ3) is 1.37. The number of benzene rings is 1. The second kappa shape index (κ2) is 3.32. The number of aromatic nitrogens is 4. The van der Waals surface area contributed by atoms with Crippen molar-refractivity contribution in [1.29, 1.82) is 0 Å². The maximum absolute atomic E-state index is 4.70. The fourth-order valence-electron chi connectivity index (χ4n) is 2.35. The molecule has 0 aliphatic rings. The van der Waals surface area contributed by atoms with Gasteiger partial charge in [-0.2, -0.15) is 0 Å². The van der Waals surface area contributed by atoms with Gasteiger partial charge in [-0.15, -0.1) is 0 Å². The van der Waals surface area contributed by atoms with Gasteiger partial charge >= 0.3 is 0 Å². The fourth-order valence-corrected chi connectivity index (χ4v) is 2.35. The van der Waals surface area contributed by atoms with E-state index in [1.807, 2.05) is 17.9 Å². The van der Waals surface area contributed by atoms with Crippen LogP contribution in [0.25, 0.3) is 22.1 Å². The normalized spacial score (nSPS) is 12.1. The zero-order chi connectivity index (χ0) is 12.2. The molecule has 0 aliphatic heterocycles. The van der Waals surface area contributed by atoms with Gasteiger partial charge in [0, 0.05) is 20.0 Å². The van der Waals surface area contributed by atoms with Crippen LogP contribution in [0.1, 0.15) is 25.6 Å². The molecule has 2 heterocycles. The van der Waals surface area contributed by atoms with Gasteiger partial charge in [0.25, 0.3) is 0 Å². The Balaban J connectivity index is 2.41. The van der Waals surface area contributed by atoms with Gasteiger partial charge in [0.2, 0.25) is 0 Å². The van der Waals surface area contributed by atoms with Crippen molar-refractivity contribution in [3.63, 3.8) is 0 Å². The van der Waals surface area contributed by atoms with Crippen LogP contribution in [0.3, 0.4) is 0 Å². The summed E-state index contributed by atoms with van der Waals surface area (Å²) in [5.74, 6) is 1.55. The van der Waals surface area contributed by atoms with Crippen LogP contribution < -0.4 is 0 Å². The number of aryl methyl sites for hydroxylation is 2. The Kier molecular flexibility index (Phi) is 2.02. The van der Waals surface area contributed by atoms with E-state index in [2.05, 4.69) is 42.6 Å². The number of hydrogen-bond donors (Lipinski definition) is 0. The van der Waals surface area contributed by atoms with Crippen molar-refractivity contribution in [3.05, 3.63) is 24.3 Å². The highest BCUT2D eigenvalue weighted by Gasteiger charge is 2.12. The molecule has 3 aromatic rings. The molecule has 88 valence electrons. The van der Waals surface area contributed by atoms with E-state index in [0.717, 1.165) is 27.9 Å². The van der Waals surface area contributed by atoms with Crippen molar-refractivity contribution in [2.75, 3.05) is 0 Å². The summed E-state index contributed by atoms with van der Waals surface area (Å²) in [6, 6.07) is 4.23. The molecule has 2 aromatic heterocycles. The first-order chi connectivity index (χ1) is 8.08. The van der Waals surface area contributed by atoms with Crippen LogP contribution in [-0.2, 0) is 14.1 Å². The van der Waals surface area contributed by atoms with Crippen LogP contribution in [0.2, 0.25) is 0 Å². The second-order valence-corrected chi connectivity index (χ2v) is 4.87. The van der Waals surface area contributed by atoms with Gasteiger partial charge in [0.05, 0.1) is 28.4 Å². The van der Waals surface area contributed by atoms with Crippen LogP contribution in [0.5, 0.6) is 0 Å². The molecule has 3 rings (SSSR count). The summed E-state index contributed by atoms with van der Waals surface area (Å²) < 4.78 is 4.19. The molecule has 0 radical (unpaired) electrons. The molecule has 0 atom stereocenters. The zero-order valence-electron chi connectivity index (χ0n) is 10.6. The first-order valence-corrected chi connectivity index (χ1v) is 5.85. The number of fused-ring (bicyclic) bond motifs is 2. The molecular weight excluding hydrogens is 212 g/mol. The van der Waals surface area contributed by atoms with E-state index in [0.29, 0.717) is 5.92 Å². The Morgan fingerprint density at radius 3 is 2.47 bits per heavy atom. The smallest absolute Gasteiger partial charge is 0.112 e. The predicted molar refractivity (Wildman–Crippen MR) is 69.1 cm³/mol. The number of nitrogens with zero attached hydrogens (tertiary/aromatic N) is 4. The second-order valence-electron chi connectivity index (χ2n) is 4.87. The first-order valence-electron chi connectivity index (χ1n) is 5.85. The zero-order valence-corrected chi connectivity index (χ0v) is 10.6. The van der Waals surface area contributed by atoms with Gasteiger partial charge in [0.15, 0.2) is 0 Å². The van der Waals surface area contributed by atoms with E-state index >= 15 is 0 Å². The lowest BCUT2D eigenvalue weighted by Gasteiger charge is -2.04. The minimum absolute atomic E-state index is 0.434. The van der Waals surface area contributed by atoms with Gasteiger partial charge in [0.1, 0.15) is 5.82 Å². The Hall–Kier alpha value is -1.84. The number of hydrogen-bond acceptors (Lipinski definition) is 2. The molecule has 0 N–H and O–H groups in total. The van der Waals surface area contributed by atoms with Crippen LogP contribution in [-0.4, -0.2) is 19.1 Å². The molecule has 0 aliphatic carbocycles. The largest absolute Gasteiger partial charge is 0.334 e. The van der Waals surface area contributed by atoms with Crippen molar-refractivity contribution in [1.82, 2.24) is 19.1 Å². The third-order valence-corrected chi connectivity index (χ3v) is 3.28. The van der Waals surface area contributed by atoms with Gasteiger partial charge < -0.3 is 9.13 Å². The quantitative estimate of drug-likeness (QED) is 0.641. The molecule has 0 spiro atoms. The van der Waals surface area contributed by atoms with Crippen molar-refractivity contribution in [2.24, 2.45) is 14.1 Å². The highest BCUT2D eigenvalue weighted by Crippen LogP contribution is 2.24. The molecule has 0 amide bonds. The minimum atomic E-state index is 0.434. The molecule has 0 bridgehead atoms. The number of rotatable bonds is 1. The average molecular weight is 228 g/mol. The fraction of sp³-hybridized carbons (Fsp3) is 0.385. The summed E-state index contributed by atoms with van der Waals surface area (Å²) in [7, 11) is 4.08. The summed E-state index contributed by atoms with van der Waals surface area (Å²) in [6.45, 7) is 4.33. The maximum atomic E-state index is 4.70. The van der Waals surface area contributed by atoms with Gasteiger partial charge in [-0.1, -0.05) is 13.8 Å². The number of imidazole rings is 2. The first kappa shape index (κ1) is 10.3. The summed E-state index contributed by atoms with van der Waals surface area (Å²) in [4.78, 5) is 9.09. The molecule has 17 heavy (non-hydrogen) atoms. The van der Waals surface area contributed by atoms with Crippen molar-refractivity contribution >= 4 is 22.1 Å². The lowest BCUT2D eigenvalue weighted by molar-refractivity contribution is 0.722. The van der Waals surface area contributed by atoms with E-state index in [4.69, 9.17) is 4.98 Å². The average Bonchev–Trinajstić information content (AvgIpc) is 2.80. The van der Waals surface area contributed by atoms with Crippen LogP contribution >= 0.6 is 0 Å². The van der Waals surface area contributed by atoms with Crippen LogP contribution in [0.15, 0.2) is 18.5 Å². The topological polar surface area (TPSA) is 35.6 Å². The standard InChI is InChI=1S/C13H16N4/c1-8(2)13-15-10-6-11-9(14-7-16(11)3)5-12(10)17(13)4/h5-8H,1-4H3. The SMILES string of the molecule is CC(C)c1nc2cc3c(cc2n1C)ncn3C. The Morgan fingerprint density at radius 2 is 1.76 bits per heavy atom. The summed E-state index contributed by atoms with van der Waals surface area (Å²) >= 11 is 0. The molecule has 0 saturated heterocycles. The molecule has 4 heteroatoms. The molecule has 4 nitrogen and oxygen atoms in total. The highest BCUT2D eigenvalue weighted by molar-refractivity contribution is 5.91. The lowest BCUT2D eigenvalue weighted by Crippen LogP contribution is -1.99. The third-order valence-electron chi connectivity index (χ3n) is 3.28. The Labute approximate surface area is 99.9 Å². The monoisotopic (exact) mass is 228 g/mol. The minimum Gasteiger partial charge on any atom is -0.334 e. The Bertz CT molecular complexity index is 703. The van der Waals surface area contributed by atoms with Crippen molar-refractivity contribution < 1.29 is 0 Å². The van der Waals surface area contributed by atoms with Gasteiger partial charge in [-0.05, 0) is 12.1 Å². The van der Waals surface area contributed by atoms with E-state index in [-0.39, 0.29) is 0 Å². The predicted octanol–water partition coefficient (Wildman–Crippen LogP) is 2.58. The molecule has 0 fully saturated rings. The van der Waals surface area contributed by atoms with Crippen LogP contribution in [0, 0.1) is 0 Å². The van der Waals surface area contributed by atoms with Crippen LogP contribution in [0.4, 0.5) is 0 Å². The summed E-state index contributed by atoms with van der Waals surface area (Å²) in [5, 5.41) is 0. The van der Waals surface area contributed by atoms with E-state index in [9.17, 15) is 0 Å². The summed E-state index contributed by atoms with van der Waals surface area (Å²) in [5.41, 5.74) is 4.36. The Morgan fingerprint density at radius 1 is 1.06 bits per heavy atom. The van der Waals surface area contributed by atoms with E-state index in [1.165, 1.54) is 0 Å². The molecular formula is C13H16N4. The van der Waals surface area contributed by atoms with E-state index < -0.39 is 0 Å². The van der Waals surface area contributed by atoms with Crippen molar-refractivity contribution in [3.8, 4) is 0 Å². The van der Waals surface area contributed by atoms with Gasteiger partial charge in [-0.25, -0.2) is 9.97 Å². The maximum Gasteiger partial charge on any atom is 0.112 e. The lowest BCUT2D eigenvalue weighted by atomic mass is 10.2. The summed E-state index contributed by atoms with van der Waals surface area (Å²) in [6.07, 6.45) is 1.84. The molecule has 0 saturated carbocycles. The highest BCUT2D eigenvalue weighted by atomic mass is 15.1. The molecule has 0 unspecified atom stereocenters. The van der Waals surface area contributed by atoms with E-state index in [1.54, 1.807) is 0 Å².